The number of methoxy groups -OCH3 is 1. The van der Waals surface area contributed by atoms with E-state index in [1.54, 1.807) is 12.1 Å². The SMILES string of the molecule is COc1ccc(C)cc1C(O)C(C)=O. The molecule has 0 saturated heterocycles. The standard InChI is InChI=1S/C11H14O3/c1-7-4-5-10(14-3)9(6-7)11(13)8(2)12/h4-6,11,13H,1-3H3. The van der Waals surface area contributed by atoms with Crippen molar-refractivity contribution in [1.82, 2.24) is 0 Å². The normalized spacial score (nSPS) is 12.3. The highest BCUT2D eigenvalue weighted by Crippen LogP contribution is 2.26. The van der Waals surface area contributed by atoms with Gasteiger partial charge in [-0.25, -0.2) is 0 Å². The molecule has 0 fully saturated rings. The minimum absolute atomic E-state index is 0.283. The zero-order chi connectivity index (χ0) is 10.7. The van der Waals surface area contributed by atoms with Crippen molar-refractivity contribution in [3.05, 3.63) is 29.3 Å². The fourth-order valence-electron chi connectivity index (χ4n) is 1.29. The van der Waals surface area contributed by atoms with Crippen LogP contribution < -0.4 is 4.74 Å². The molecule has 0 heterocycles. The second kappa shape index (κ2) is 4.24. The van der Waals surface area contributed by atoms with E-state index in [-0.39, 0.29) is 5.78 Å². The Morgan fingerprint density at radius 1 is 1.50 bits per heavy atom. The highest BCUT2D eigenvalue weighted by molar-refractivity contribution is 5.82. The van der Waals surface area contributed by atoms with Gasteiger partial charge < -0.3 is 9.84 Å². The average Bonchev–Trinajstić information content (AvgIpc) is 2.16. The molecule has 1 aromatic carbocycles. The molecule has 0 aliphatic heterocycles. The fourth-order valence-corrected chi connectivity index (χ4v) is 1.29. The summed E-state index contributed by atoms with van der Waals surface area (Å²) in [5.74, 6) is 0.257. The van der Waals surface area contributed by atoms with Crippen molar-refractivity contribution in [3.8, 4) is 5.75 Å². The lowest BCUT2D eigenvalue weighted by molar-refractivity contribution is -0.125. The lowest BCUT2D eigenvalue weighted by atomic mass is 10.0. The van der Waals surface area contributed by atoms with Gasteiger partial charge in [-0.05, 0) is 26.0 Å². The van der Waals surface area contributed by atoms with Crippen LogP contribution in [0, 0.1) is 6.92 Å². The van der Waals surface area contributed by atoms with Crippen molar-refractivity contribution < 1.29 is 14.6 Å². The Balaban J connectivity index is 3.16. The number of ketones is 1. The van der Waals surface area contributed by atoms with Crippen LogP contribution in [0.4, 0.5) is 0 Å². The van der Waals surface area contributed by atoms with Crippen molar-refractivity contribution in [2.24, 2.45) is 0 Å². The van der Waals surface area contributed by atoms with E-state index in [4.69, 9.17) is 4.74 Å². The molecule has 0 saturated carbocycles. The minimum Gasteiger partial charge on any atom is -0.496 e. The summed E-state index contributed by atoms with van der Waals surface area (Å²) in [6.45, 7) is 3.25. The number of carbonyl (C=O) groups excluding carboxylic acids is 1. The number of carbonyl (C=O) groups is 1. The first-order valence-electron chi connectivity index (χ1n) is 4.39. The molecule has 0 aliphatic carbocycles. The summed E-state index contributed by atoms with van der Waals surface area (Å²) >= 11 is 0. The van der Waals surface area contributed by atoms with Crippen LogP contribution in [0.1, 0.15) is 24.2 Å². The first-order chi connectivity index (χ1) is 6.56. The smallest absolute Gasteiger partial charge is 0.162 e. The van der Waals surface area contributed by atoms with E-state index in [2.05, 4.69) is 0 Å². The molecule has 1 atom stereocenters. The van der Waals surface area contributed by atoms with Gasteiger partial charge >= 0.3 is 0 Å². The molecule has 0 aromatic heterocycles. The van der Waals surface area contributed by atoms with Crippen LogP contribution in [-0.4, -0.2) is 18.0 Å². The Kier molecular flexibility index (Phi) is 3.25. The number of ether oxygens (including phenoxy) is 1. The molecule has 3 nitrogen and oxygen atoms in total. The Bertz CT molecular complexity index is 344. The van der Waals surface area contributed by atoms with Crippen LogP contribution in [0.5, 0.6) is 5.75 Å². The van der Waals surface area contributed by atoms with Crippen molar-refractivity contribution in [1.29, 1.82) is 0 Å². The quantitative estimate of drug-likeness (QED) is 0.795. The van der Waals surface area contributed by atoms with Crippen LogP contribution in [0.2, 0.25) is 0 Å². The van der Waals surface area contributed by atoms with E-state index in [1.807, 2.05) is 13.0 Å². The van der Waals surface area contributed by atoms with E-state index in [9.17, 15) is 9.90 Å². The van der Waals surface area contributed by atoms with Crippen LogP contribution >= 0.6 is 0 Å². The summed E-state index contributed by atoms with van der Waals surface area (Å²) in [4.78, 5) is 11.0. The lowest BCUT2D eigenvalue weighted by Crippen LogP contribution is -2.09. The maximum absolute atomic E-state index is 11.0. The van der Waals surface area contributed by atoms with Crippen molar-refractivity contribution in [2.45, 2.75) is 20.0 Å². The zero-order valence-electron chi connectivity index (χ0n) is 8.57. The Labute approximate surface area is 83.3 Å². The summed E-state index contributed by atoms with van der Waals surface area (Å²) in [5, 5.41) is 9.60. The van der Waals surface area contributed by atoms with Crippen LogP contribution in [0.15, 0.2) is 18.2 Å². The van der Waals surface area contributed by atoms with E-state index in [0.717, 1.165) is 5.56 Å². The Morgan fingerprint density at radius 2 is 2.14 bits per heavy atom. The van der Waals surface area contributed by atoms with Crippen molar-refractivity contribution in [2.75, 3.05) is 7.11 Å². The number of rotatable bonds is 3. The van der Waals surface area contributed by atoms with Gasteiger partial charge in [0.15, 0.2) is 5.78 Å². The van der Waals surface area contributed by atoms with E-state index in [0.29, 0.717) is 11.3 Å². The predicted molar refractivity (Wildman–Crippen MR) is 53.4 cm³/mol. The fraction of sp³-hybridized carbons (Fsp3) is 0.364. The van der Waals surface area contributed by atoms with Gasteiger partial charge in [-0.1, -0.05) is 11.6 Å². The predicted octanol–water partition coefficient (Wildman–Crippen LogP) is 1.63. The van der Waals surface area contributed by atoms with Gasteiger partial charge in [0, 0.05) is 5.56 Å². The van der Waals surface area contributed by atoms with Crippen LogP contribution in [0.25, 0.3) is 0 Å². The van der Waals surface area contributed by atoms with Gasteiger partial charge in [-0.15, -0.1) is 0 Å². The zero-order valence-corrected chi connectivity index (χ0v) is 8.57. The largest absolute Gasteiger partial charge is 0.496 e. The second-order valence-electron chi connectivity index (χ2n) is 3.26. The molecule has 0 spiro atoms. The van der Waals surface area contributed by atoms with Crippen molar-refractivity contribution in [3.63, 3.8) is 0 Å². The summed E-state index contributed by atoms with van der Waals surface area (Å²) in [5.41, 5.74) is 1.51. The van der Waals surface area contributed by atoms with Crippen molar-refractivity contribution >= 4 is 5.78 Å². The second-order valence-corrected chi connectivity index (χ2v) is 3.26. The Hall–Kier alpha value is -1.35. The highest BCUT2D eigenvalue weighted by Gasteiger charge is 2.17. The lowest BCUT2D eigenvalue weighted by Gasteiger charge is -2.12. The van der Waals surface area contributed by atoms with E-state index in [1.165, 1.54) is 14.0 Å². The minimum atomic E-state index is -1.09. The first kappa shape index (κ1) is 10.7. The number of benzene rings is 1. The average molecular weight is 194 g/mol. The topological polar surface area (TPSA) is 46.5 Å². The molecule has 0 bridgehead atoms. The van der Waals surface area contributed by atoms with E-state index >= 15 is 0 Å². The molecule has 0 radical (unpaired) electrons. The molecular formula is C11H14O3. The number of hydrogen-bond acceptors (Lipinski definition) is 3. The molecule has 1 rings (SSSR count). The number of Topliss-reactive ketones (excluding diaryl/α,β-unsaturated/α-hetero) is 1. The third kappa shape index (κ3) is 2.12. The van der Waals surface area contributed by atoms with Gasteiger partial charge in [-0.3, -0.25) is 4.79 Å². The Morgan fingerprint density at radius 3 is 2.64 bits per heavy atom. The summed E-state index contributed by atoms with van der Waals surface area (Å²) < 4.78 is 5.06. The van der Waals surface area contributed by atoms with Crippen LogP contribution in [-0.2, 0) is 4.79 Å². The van der Waals surface area contributed by atoms with Gasteiger partial charge in [0.2, 0.25) is 0 Å². The maximum atomic E-state index is 11.0. The van der Waals surface area contributed by atoms with Gasteiger partial charge in [0.05, 0.1) is 7.11 Å². The number of aliphatic hydroxyl groups excluding tert-OH is 1. The third-order valence-electron chi connectivity index (χ3n) is 2.06. The highest BCUT2D eigenvalue weighted by atomic mass is 16.5. The monoisotopic (exact) mass is 194 g/mol. The summed E-state index contributed by atoms with van der Waals surface area (Å²) in [7, 11) is 1.51. The molecule has 1 aromatic rings. The molecule has 0 amide bonds. The maximum Gasteiger partial charge on any atom is 0.162 e. The number of aliphatic hydroxyl groups is 1. The molecule has 3 heteroatoms. The molecular weight excluding hydrogens is 180 g/mol. The van der Waals surface area contributed by atoms with Gasteiger partial charge in [0.1, 0.15) is 11.9 Å². The van der Waals surface area contributed by atoms with Gasteiger partial charge in [-0.2, -0.15) is 0 Å². The van der Waals surface area contributed by atoms with Crippen LogP contribution in [0.3, 0.4) is 0 Å². The summed E-state index contributed by atoms with van der Waals surface area (Å²) in [6.07, 6.45) is -1.09. The molecule has 1 unspecified atom stereocenters. The number of aryl methyl sites for hydroxylation is 1. The third-order valence-corrected chi connectivity index (χ3v) is 2.06. The number of hydrogen-bond donors (Lipinski definition) is 1. The first-order valence-corrected chi connectivity index (χ1v) is 4.39. The summed E-state index contributed by atoms with van der Waals surface area (Å²) in [6, 6.07) is 5.37. The molecule has 1 N–H and O–H groups in total. The van der Waals surface area contributed by atoms with Gasteiger partial charge in [0.25, 0.3) is 0 Å². The molecule has 0 aliphatic rings. The van der Waals surface area contributed by atoms with E-state index < -0.39 is 6.10 Å². The molecule has 14 heavy (non-hydrogen) atoms. The molecule has 76 valence electrons.